The number of fused-ring (bicyclic) bond motifs is 6. The fraction of sp³-hybridized carbons (Fsp3) is 0.120. The van der Waals surface area contributed by atoms with Crippen LogP contribution in [0.25, 0.3) is 77.2 Å². The summed E-state index contributed by atoms with van der Waals surface area (Å²) in [6.45, 7) is 3.40. The molecule has 0 aliphatic heterocycles. The molecule has 0 unspecified atom stereocenters. The van der Waals surface area contributed by atoms with E-state index in [1.807, 2.05) is 0 Å². The second kappa shape index (κ2) is 14.9. The van der Waals surface area contributed by atoms with Gasteiger partial charge in [-0.1, -0.05) is 36.4 Å². The highest BCUT2D eigenvalue weighted by atomic mass is 19.4. The zero-order chi connectivity index (χ0) is 47.4. The monoisotopic (exact) mass is 910 g/mol. The van der Waals surface area contributed by atoms with E-state index in [9.17, 15) is 63.2 Å². The van der Waals surface area contributed by atoms with Crippen LogP contribution in [0, 0.1) is 36.5 Å². The summed E-state index contributed by atoms with van der Waals surface area (Å²) in [5.74, 6) is 0. The lowest BCUT2D eigenvalue weighted by atomic mass is 9.90. The number of alkyl halides is 12. The summed E-state index contributed by atoms with van der Waals surface area (Å²) in [5, 5.41) is 19.9. The first-order chi connectivity index (χ1) is 31.0. The zero-order valence-corrected chi connectivity index (χ0v) is 33.9. The molecule has 330 valence electrons. The smallest absolute Gasteiger partial charge is 0.307 e. The van der Waals surface area contributed by atoms with E-state index in [0.29, 0.717) is 35.4 Å². The van der Waals surface area contributed by atoms with E-state index in [1.165, 1.54) is 33.4 Å². The van der Waals surface area contributed by atoms with Crippen molar-refractivity contribution < 1.29 is 52.7 Å². The minimum atomic E-state index is -4.96. The molecule has 0 amide bonds. The van der Waals surface area contributed by atoms with Gasteiger partial charge >= 0.3 is 24.7 Å². The van der Waals surface area contributed by atoms with Gasteiger partial charge in [0.1, 0.15) is 0 Å². The van der Waals surface area contributed by atoms with Crippen LogP contribution < -0.4 is 0 Å². The molecule has 0 N–H and O–H groups in total. The van der Waals surface area contributed by atoms with Crippen LogP contribution in [0.2, 0.25) is 0 Å². The highest BCUT2D eigenvalue weighted by Crippen LogP contribution is 2.49. The summed E-state index contributed by atoms with van der Waals surface area (Å²) < 4.78 is 176. The SMILES string of the molecule is Cc1ccc(-c2ccc(-c3ccc(C)cc3C#N)c(-n3c4ccc(C(F)(F)F)cc4c4cc(C(F)(F)F)ccc43)c2-n2c3ccc(C(F)(F)F)cc3c3cc(C(F)(F)F)ccc32)c(C#N)c1. The molecule has 0 saturated heterocycles. The van der Waals surface area contributed by atoms with Crippen molar-refractivity contribution in [1.29, 1.82) is 10.5 Å². The van der Waals surface area contributed by atoms with Crippen LogP contribution in [0.15, 0.2) is 121 Å². The number of hydrogen-bond donors (Lipinski definition) is 0. The van der Waals surface area contributed by atoms with E-state index in [2.05, 4.69) is 12.1 Å². The topological polar surface area (TPSA) is 57.4 Å². The van der Waals surface area contributed by atoms with Gasteiger partial charge in [0.2, 0.25) is 0 Å². The molecule has 0 aliphatic rings. The summed E-state index contributed by atoms with van der Waals surface area (Å²) in [4.78, 5) is 0. The van der Waals surface area contributed by atoms with Gasteiger partial charge in [0.15, 0.2) is 0 Å². The number of nitrogens with zero attached hydrogens (tertiary/aromatic N) is 4. The molecule has 4 nitrogen and oxygen atoms in total. The average molecular weight is 911 g/mol. The maximum atomic E-state index is 14.4. The van der Waals surface area contributed by atoms with Crippen LogP contribution >= 0.6 is 0 Å². The molecule has 0 saturated carbocycles. The molecule has 0 atom stereocenters. The summed E-state index contributed by atoms with van der Waals surface area (Å²) in [7, 11) is 0. The fourth-order valence-electron chi connectivity index (χ4n) is 8.67. The molecule has 9 rings (SSSR count). The van der Waals surface area contributed by atoms with Gasteiger partial charge in [-0.3, -0.25) is 0 Å². The van der Waals surface area contributed by atoms with Crippen LogP contribution in [-0.2, 0) is 24.7 Å². The Morgan fingerprint density at radius 1 is 0.348 bits per heavy atom. The molecule has 9 aromatic rings. The summed E-state index contributed by atoms with van der Waals surface area (Å²) in [5.41, 5.74) is -3.25. The number of hydrogen-bond acceptors (Lipinski definition) is 2. The lowest BCUT2D eigenvalue weighted by Crippen LogP contribution is -2.10. The average Bonchev–Trinajstić information content (AvgIpc) is 3.75. The molecule has 0 spiro atoms. The minimum absolute atomic E-state index is 0.0598. The number of nitriles is 2. The molecule has 0 fully saturated rings. The number of aromatic nitrogens is 2. The van der Waals surface area contributed by atoms with E-state index >= 15 is 0 Å². The van der Waals surface area contributed by atoms with Gasteiger partial charge in [0.05, 0.1) is 79.0 Å². The molecule has 2 heterocycles. The first-order valence-corrected chi connectivity index (χ1v) is 19.6. The van der Waals surface area contributed by atoms with Crippen LogP contribution in [0.4, 0.5) is 52.7 Å². The number of benzene rings is 7. The van der Waals surface area contributed by atoms with Gasteiger partial charge < -0.3 is 9.13 Å². The Morgan fingerprint density at radius 3 is 0.848 bits per heavy atom. The molecule has 0 aliphatic carbocycles. The lowest BCUT2D eigenvalue weighted by molar-refractivity contribution is -0.138. The Kier molecular flexibility index (Phi) is 9.84. The largest absolute Gasteiger partial charge is 0.416 e. The van der Waals surface area contributed by atoms with Gasteiger partial charge in [-0.15, -0.1) is 0 Å². The van der Waals surface area contributed by atoms with E-state index in [1.54, 1.807) is 38.1 Å². The van der Waals surface area contributed by atoms with E-state index in [0.717, 1.165) is 48.5 Å². The first-order valence-electron chi connectivity index (χ1n) is 19.6. The highest BCUT2D eigenvalue weighted by molar-refractivity contribution is 6.14. The first kappa shape index (κ1) is 43.5. The van der Waals surface area contributed by atoms with Crippen molar-refractivity contribution in [3.05, 3.63) is 166 Å². The number of aryl methyl sites for hydroxylation is 2. The van der Waals surface area contributed by atoms with Gasteiger partial charge in [-0.2, -0.15) is 63.2 Å². The molecule has 66 heavy (non-hydrogen) atoms. The Bertz CT molecular complexity index is 3210. The normalized spacial score (nSPS) is 12.7. The van der Waals surface area contributed by atoms with Crippen molar-refractivity contribution >= 4 is 43.6 Å². The Labute approximate surface area is 365 Å². The van der Waals surface area contributed by atoms with Crippen molar-refractivity contribution in [3.8, 4) is 45.8 Å². The van der Waals surface area contributed by atoms with Crippen LogP contribution in [0.3, 0.4) is 0 Å². The Hall–Kier alpha value is -7.72. The third-order valence-corrected chi connectivity index (χ3v) is 11.6. The van der Waals surface area contributed by atoms with Crippen LogP contribution in [0.1, 0.15) is 44.5 Å². The van der Waals surface area contributed by atoms with Crippen molar-refractivity contribution in [2.45, 2.75) is 38.6 Å². The second-order valence-corrected chi connectivity index (χ2v) is 15.8. The highest BCUT2D eigenvalue weighted by Gasteiger charge is 2.37. The van der Waals surface area contributed by atoms with Crippen molar-refractivity contribution in [3.63, 3.8) is 0 Å². The third-order valence-electron chi connectivity index (χ3n) is 11.6. The summed E-state index contributed by atoms with van der Waals surface area (Å²) in [6.07, 6.45) is -19.8. The molecular formula is C50H26F12N4. The van der Waals surface area contributed by atoms with Gasteiger partial charge in [-0.25, -0.2) is 0 Å². The summed E-state index contributed by atoms with van der Waals surface area (Å²) in [6, 6.07) is 26.7. The van der Waals surface area contributed by atoms with Crippen molar-refractivity contribution in [2.75, 3.05) is 0 Å². The molecular weight excluding hydrogens is 885 g/mol. The fourth-order valence-corrected chi connectivity index (χ4v) is 8.67. The van der Waals surface area contributed by atoms with E-state index < -0.39 is 47.0 Å². The second-order valence-electron chi connectivity index (χ2n) is 15.8. The predicted molar refractivity (Wildman–Crippen MR) is 225 cm³/mol. The van der Waals surface area contributed by atoms with Gasteiger partial charge in [-0.05, 0) is 110 Å². The minimum Gasteiger partial charge on any atom is -0.307 e. The Morgan fingerprint density at radius 2 is 0.606 bits per heavy atom. The zero-order valence-electron chi connectivity index (χ0n) is 33.9. The number of halogens is 12. The maximum Gasteiger partial charge on any atom is 0.416 e. The number of rotatable bonds is 4. The molecule has 7 aromatic carbocycles. The molecule has 16 heteroatoms. The van der Waals surface area contributed by atoms with Crippen molar-refractivity contribution in [2.24, 2.45) is 0 Å². The van der Waals surface area contributed by atoms with Crippen LogP contribution in [0.5, 0.6) is 0 Å². The quantitative estimate of drug-likeness (QED) is 0.165. The summed E-state index contributed by atoms with van der Waals surface area (Å²) >= 11 is 0. The standard InChI is InChI=1S/C50H26F12N4/c1-25-3-9-33(27(17-25)23-63)35-11-12-36(34-10-4-26(2)18-28(34)24-64)46(66-43-15-7-31(49(57,58)59)21-39(43)40-22-32(50(60,61)62)8-16-44(40)66)45(35)65-41-13-5-29(47(51,52)53)19-37(41)38-20-30(48(54,55)56)6-14-42(38)65/h3-22H,1-2H3. The molecule has 2 aromatic heterocycles. The maximum absolute atomic E-state index is 14.4. The van der Waals surface area contributed by atoms with Gasteiger partial charge in [0, 0.05) is 43.8 Å². The van der Waals surface area contributed by atoms with E-state index in [4.69, 9.17) is 0 Å². The van der Waals surface area contributed by atoms with E-state index in [-0.39, 0.29) is 88.4 Å². The molecule has 0 radical (unpaired) electrons. The van der Waals surface area contributed by atoms with Gasteiger partial charge in [0.25, 0.3) is 0 Å². The third kappa shape index (κ3) is 7.13. The Balaban J connectivity index is 1.60. The van der Waals surface area contributed by atoms with Crippen LogP contribution in [-0.4, -0.2) is 9.13 Å². The van der Waals surface area contributed by atoms with Crippen molar-refractivity contribution in [1.82, 2.24) is 9.13 Å². The lowest BCUT2D eigenvalue weighted by Gasteiger charge is -2.25. The predicted octanol–water partition coefficient (Wildman–Crippen LogP) is 15.7. The molecule has 0 bridgehead atoms.